The Hall–Kier alpha value is -2.47. The van der Waals surface area contributed by atoms with Crippen molar-refractivity contribution in [3.05, 3.63) is 58.6 Å². The number of nitrogens with one attached hydrogen (secondary N) is 1. The van der Waals surface area contributed by atoms with Gasteiger partial charge in [-0.1, -0.05) is 62.4 Å². The van der Waals surface area contributed by atoms with Gasteiger partial charge in [0, 0.05) is 23.8 Å². The van der Waals surface area contributed by atoms with Gasteiger partial charge in [0.25, 0.3) is 0 Å². The molecular weight excluding hydrogens is 382 g/mol. The number of nitrogens with zero attached hydrogens (tertiary/aromatic N) is 2. The van der Waals surface area contributed by atoms with E-state index in [1.807, 2.05) is 35.0 Å². The minimum Gasteiger partial charge on any atom is -0.421 e. The van der Waals surface area contributed by atoms with Crippen molar-refractivity contribution in [2.24, 2.45) is 5.92 Å². The zero-order valence-corrected chi connectivity index (χ0v) is 17.4. The molecule has 29 heavy (non-hydrogen) atoms. The maximum Gasteiger partial charge on any atom is 0.248 e. The average molecular weight is 410 g/mol. The van der Waals surface area contributed by atoms with Crippen molar-refractivity contribution < 1.29 is 9.21 Å². The van der Waals surface area contributed by atoms with Crippen LogP contribution in [0.5, 0.6) is 0 Å². The average Bonchev–Trinajstić information content (AvgIpc) is 3.45. The van der Waals surface area contributed by atoms with E-state index in [-0.39, 0.29) is 11.9 Å². The molecule has 3 aromatic rings. The molecule has 152 valence electrons. The molecule has 0 saturated heterocycles. The maximum absolute atomic E-state index is 12.7. The van der Waals surface area contributed by atoms with Crippen LogP contribution in [0.1, 0.15) is 62.4 Å². The van der Waals surface area contributed by atoms with E-state index in [1.54, 1.807) is 11.3 Å². The van der Waals surface area contributed by atoms with Crippen LogP contribution in [-0.4, -0.2) is 16.1 Å². The highest BCUT2D eigenvalue weighted by Crippen LogP contribution is 2.32. The second-order valence-electron chi connectivity index (χ2n) is 7.78. The van der Waals surface area contributed by atoms with Crippen LogP contribution >= 0.6 is 11.3 Å². The largest absolute Gasteiger partial charge is 0.421 e. The third-order valence-electron chi connectivity index (χ3n) is 5.63. The van der Waals surface area contributed by atoms with Gasteiger partial charge in [-0.2, -0.15) is 11.3 Å². The van der Waals surface area contributed by atoms with Gasteiger partial charge in [-0.3, -0.25) is 4.79 Å². The predicted octanol–water partition coefficient (Wildman–Crippen LogP) is 5.56. The Bertz CT molecular complexity index is 886. The standard InChI is InChI=1S/C23H27N3O2S/c27-21(11-12-22-25-26-23(28-22)19-13-14-29-16-19)24-20(18-9-5-2-6-10-18)15-17-7-3-1-4-8-17/h2,5-6,9-10,13-14,16-17,20H,1,3-4,7-8,11-12,15H2,(H,24,27). The van der Waals surface area contributed by atoms with E-state index in [0.717, 1.165) is 12.0 Å². The summed E-state index contributed by atoms with van der Waals surface area (Å²) in [6, 6.07) is 12.3. The number of rotatable bonds is 8. The minimum absolute atomic E-state index is 0.0324. The SMILES string of the molecule is O=C(CCc1nnc(-c2ccsc2)o1)NC(CC1CCCCC1)c1ccccc1. The van der Waals surface area contributed by atoms with Crippen LogP contribution in [0.15, 0.2) is 51.6 Å². The Kier molecular flexibility index (Phi) is 6.72. The van der Waals surface area contributed by atoms with E-state index < -0.39 is 0 Å². The lowest BCUT2D eigenvalue weighted by atomic mass is 9.83. The Morgan fingerprint density at radius 2 is 1.97 bits per heavy atom. The van der Waals surface area contributed by atoms with Crippen molar-refractivity contribution in [3.8, 4) is 11.5 Å². The second kappa shape index (κ2) is 9.83. The van der Waals surface area contributed by atoms with Gasteiger partial charge in [0.05, 0.1) is 6.04 Å². The van der Waals surface area contributed by atoms with Gasteiger partial charge >= 0.3 is 0 Å². The lowest BCUT2D eigenvalue weighted by Gasteiger charge is -2.27. The highest BCUT2D eigenvalue weighted by atomic mass is 32.1. The summed E-state index contributed by atoms with van der Waals surface area (Å²) in [6.07, 6.45) is 8.31. The predicted molar refractivity (Wildman–Crippen MR) is 114 cm³/mol. The lowest BCUT2D eigenvalue weighted by molar-refractivity contribution is -0.122. The van der Waals surface area contributed by atoms with E-state index in [4.69, 9.17) is 4.42 Å². The van der Waals surface area contributed by atoms with Crippen molar-refractivity contribution in [1.82, 2.24) is 15.5 Å². The molecule has 1 aromatic carbocycles. The number of thiophene rings is 1. The van der Waals surface area contributed by atoms with Gasteiger partial charge in [-0.05, 0) is 29.3 Å². The zero-order chi connectivity index (χ0) is 19.9. The topological polar surface area (TPSA) is 68.0 Å². The van der Waals surface area contributed by atoms with E-state index in [1.165, 1.54) is 37.7 Å². The van der Waals surface area contributed by atoms with Crippen molar-refractivity contribution >= 4 is 17.2 Å². The molecule has 6 heteroatoms. The van der Waals surface area contributed by atoms with Gasteiger partial charge in [-0.15, -0.1) is 10.2 Å². The zero-order valence-electron chi connectivity index (χ0n) is 16.5. The van der Waals surface area contributed by atoms with Crippen molar-refractivity contribution in [2.75, 3.05) is 0 Å². The Labute approximate surface area is 175 Å². The summed E-state index contributed by atoms with van der Waals surface area (Å²) < 4.78 is 5.69. The third kappa shape index (κ3) is 5.54. The summed E-state index contributed by atoms with van der Waals surface area (Å²) >= 11 is 1.59. The molecule has 2 heterocycles. The van der Waals surface area contributed by atoms with Gasteiger partial charge in [0.1, 0.15) is 0 Å². The summed E-state index contributed by atoms with van der Waals surface area (Å²) in [5.74, 6) is 1.74. The van der Waals surface area contributed by atoms with Gasteiger partial charge in [0.15, 0.2) is 0 Å². The van der Waals surface area contributed by atoms with Gasteiger partial charge < -0.3 is 9.73 Å². The van der Waals surface area contributed by atoms with Crippen LogP contribution in [-0.2, 0) is 11.2 Å². The second-order valence-corrected chi connectivity index (χ2v) is 8.56. The third-order valence-corrected chi connectivity index (χ3v) is 6.32. The first-order valence-electron chi connectivity index (χ1n) is 10.5. The molecule has 1 fully saturated rings. The monoisotopic (exact) mass is 409 g/mol. The molecule has 1 aliphatic carbocycles. The van der Waals surface area contributed by atoms with Crippen molar-refractivity contribution in [1.29, 1.82) is 0 Å². The molecule has 1 saturated carbocycles. The molecule has 1 unspecified atom stereocenters. The van der Waals surface area contributed by atoms with E-state index in [2.05, 4.69) is 27.6 Å². The number of amides is 1. The van der Waals surface area contributed by atoms with Crippen molar-refractivity contribution in [2.45, 2.75) is 57.4 Å². The summed E-state index contributed by atoms with van der Waals surface area (Å²) in [6.45, 7) is 0. The molecule has 2 aromatic heterocycles. The van der Waals surface area contributed by atoms with Crippen LogP contribution in [0.2, 0.25) is 0 Å². The van der Waals surface area contributed by atoms with Gasteiger partial charge in [-0.25, -0.2) is 0 Å². The van der Waals surface area contributed by atoms with Crippen LogP contribution < -0.4 is 5.32 Å². The van der Waals surface area contributed by atoms with Gasteiger partial charge in [0.2, 0.25) is 17.7 Å². The Morgan fingerprint density at radius 3 is 2.72 bits per heavy atom. The molecular formula is C23H27N3O2S. The fourth-order valence-corrected chi connectivity index (χ4v) is 4.69. The normalized spacial score (nSPS) is 15.9. The van der Waals surface area contributed by atoms with Crippen LogP contribution in [0.3, 0.4) is 0 Å². The molecule has 1 atom stereocenters. The maximum atomic E-state index is 12.7. The summed E-state index contributed by atoms with van der Waals surface area (Å²) in [5, 5.41) is 15.4. The van der Waals surface area contributed by atoms with E-state index >= 15 is 0 Å². The summed E-state index contributed by atoms with van der Waals surface area (Å²) in [5.41, 5.74) is 2.11. The first-order valence-corrected chi connectivity index (χ1v) is 11.4. The Balaban J connectivity index is 1.34. The number of hydrogen-bond donors (Lipinski definition) is 1. The number of aryl methyl sites for hydroxylation is 1. The quantitative estimate of drug-likeness (QED) is 0.529. The smallest absolute Gasteiger partial charge is 0.248 e. The number of carbonyl (C=O) groups is 1. The lowest BCUT2D eigenvalue weighted by Crippen LogP contribution is -2.30. The molecule has 5 nitrogen and oxygen atoms in total. The summed E-state index contributed by atoms with van der Waals surface area (Å²) in [7, 11) is 0. The summed E-state index contributed by atoms with van der Waals surface area (Å²) in [4.78, 5) is 12.7. The fraction of sp³-hybridized carbons (Fsp3) is 0.435. The highest BCUT2D eigenvalue weighted by Gasteiger charge is 2.22. The van der Waals surface area contributed by atoms with Crippen LogP contribution in [0.4, 0.5) is 0 Å². The van der Waals surface area contributed by atoms with Crippen LogP contribution in [0, 0.1) is 5.92 Å². The molecule has 0 aliphatic heterocycles. The highest BCUT2D eigenvalue weighted by molar-refractivity contribution is 7.08. The molecule has 1 N–H and O–H groups in total. The van der Waals surface area contributed by atoms with Crippen LogP contribution in [0.25, 0.3) is 11.5 Å². The fourth-order valence-electron chi connectivity index (χ4n) is 4.06. The minimum atomic E-state index is 0.0324. The van der Waals surface area contributed by atoms with E-state index in [0.29, 0.717) is 30.5 Å². The first-order chi connectivity index (χ1) is 14.3. The molecule has 1 aliphatic rings. The van der Waals surface area contributed by atoms with E-state index in [9.17, 15) is 4.79 Å². The number of benzene rings is 1. The molecule has 1 amide bonds. The first kappa shape index (κ1) is 19.8. The molecule has 0 radical (unpaired) electrons. The molecule has 4 rings (SSSR count). The van der Waals surface area contributed by atoms with Crippen molar-refractivity contribution in [3.63, 3.8) is 0 Å². The number of carbonyl (C=O) groups excluding carboxylic acids is 1. The molecule has 0 bridgehead atoms. The number of hydrogen-bond acceptors (Lipinski definition) is 5. The Morgan fingerprint density at radius 1 is 1.14 bits per heavy atom. The number of aromatic nitrogens is 2. The molecule has 0 spiro atoms.